The topological polar surface area (TPSA) is 57.8 Å². The number of nitrogens with zero attached hydrogens (tertiary/aromatic N) is 1. The highest BCUT2D eigenvalue weighted by molar-refractivity contribution is 6.31. The fraction of sp³-hybridized carbons (Fsp3) is 0.222. The minimum atomic E-state index is -0.121. The van der Waals surface area contributed by atoms with Crippen molar-refractivity contribution in [2.75, 3.05) is 0 Å². The van der Waals surface area contributed by atoms with Crippen LogP contribution in [0.5, 0.6) is 0 Å². The summed E-state index contributed by atoms with van der Waals surface area (Å²) in [5, 5.41) is 4.75. The molecule has 1 heterocycles. The van der Waals surface area contributed by atoms with E-state index < -0.39 is 0 Å². The van der Waals surface area contributed by atoms with Gasteiger partial charge in [0.1, 0.15) is 5.82 Å². The molecule has 0 unspecified atom stereocenters. The number of fused-ring (bicyclic) bond motifs is 1. The quantitative estimate of drug-likeness (QED) is 0.761. The molecule has 3 aromatic rings. The molecule has 2 atom stereocenters. The van der Waals surface area contributed by atoms with Gasteiger partial charge in [-0.1, -0.05) is 41.9 Å². The van der Waals surface area contributed by atoms with Gasteiger partial charge in [-0.2, -0.15) is 0 Å². The molecule has 118 valence electrons. The first-order chi connectivity index (χ1) is 11.1. The van der Waals surface area contributed by atoms with E-state index in [0.717, 1.165) is 10.6 Å². The van der Waals surface area contributed by atoms with Gasteiger partial charge in [-0.15, -0.1) is 0 Å². The van der Waals surface area contributed by atoms with Crippen molar-refractivity contribution in [3.63, 3.8) is 0 Å². The molecular formula is C18H18ClN3O. The summed E-state index contributed by atoms with van der Waals surface area (Å²) in [5.74, 6) is 0.618. The van der Waals surface area contributed by atoms with E-state index in [-0.39, 0.29) is 17.6 Å². The summed E-state index contributed by atoms with van der Waals surface area (Å²) >= 11 is 6.24. The van der Waals surface area contributed by atoms with Crippen molar-refractivity contribution < 1.29 is 0 Å². The van der Waals surface area contributed by atoms with Gasteiger partial charge < -0.3 is 10.3 Å². The van der Waals surface area contributed by atoms with E-state index in [9.17, 15) is 4.79 Å². The molecule has 2 aromatic carbocycles. The van der Waals surface area contributed by atoms with E-state index in [4.69, 9.17) is 11.6 Å². The van der Waals surface area contributed by atoms with Gasteiger partial charge in [0.05, 0.1) is 16.9 Å². The average Bonchev–Trinajstić information content (AvgIpc) is 2.55. The molecule has 0 amide bonds. The molecule has 3 rings (SSSR count). The highest BCUT2D eigenvalue weighted by atomic mass is 35.5. The van der Waals surface area contributed by atoms with Crippen molar-refractivity contribution in [1.29, 1.82) is 0 Å². The molecule has 4 nitrogen and oxygen atoms in total. The monoisotopic (exact) mass is 327 g/mol. The molecule has 0 spiro atoms. The number of H-pyrrole nitrogens is 1. The molecule has 23 heavy (non-hydrogen) atoms. The predicted molar refractivity (Wildman–Crippen MR) is 93.8 cm³/mol. The van der Waals surface area contributed by atoms with Crippen LogP contribution in [0.2, 0.25) is 5.02 Å². The summed E-state index contributed by atoms with van der Waals surface area (Å²) in [5.41, 5.74) is 1.60. The van der Waals surface area contributed by atoms with Crippen LogP contribution in [0.1, 0.15) is 37.3 Å². The minimum absolute atomic E-state index is 0.0375. The fourth-order valence-corrected chi connectivity index (χ4v) is 2.98. The van der Waals surface area contributed by atoms with E-state index in [1.54, 1.807) is 6.07 Å². The first-order valence-corrected chi connectivity index (χ1v) is 7.93. The molecule has 2 N–H and O–H groups in total. The fourth-order valence-electron chi connectivity index (χ4n) is 2.68. The second kappa shape index (κ2) is 6.52. The molecule has 0 fully saturated rings. The number of benzene rings is 2. The van der Waals surface area contributed by atoms with E-state index in [0.29, 0.717) is 16.7 Å². The maximum absolute atomic E-state index is 12.2. The van der Waals surface area contributed by atoms with E-state index in [2.05, 4.69) is 15.3 Å². The lowest BCUT2D eigenvalue weighted by Crippen LogP contribution is -2.26. The third-order valence-corrected chi connectivity index (χ3v) is 4.26. The number of aromatic amines is 1. The van der Waals surface area contributed by atoms with Crippen LogP contribution < -0.4 is 10.9 Å². The van der Waals surface area contributed by atoms with Crippen LogP contribution in [-0.2, 0) is 0 Å². The van der Waals surface area contributed by atoms with Gasteiger partial charge >= 0.3 is 0 Å². The average molecular weight is 328 g/mol. The molecule has 0 saturated carbocycles. The SMILES string of the molecule is C[C@H](N[C@H](C)c1ccccc1Cl)c1nc2ccccc2c(=O)[nH]1. The summed E-state index contributed by atoms with van der Waals surface area (Å²) in [6.45, 7) is 4.01. The van der Waals surface area contributed by atoms with E-state index in [1.165, 1.54) is 0 Å². The van der Waals surface area contributed by atoms with Crippen LogP contribution in [0.15, 0.2) is 53.3 Å². The highest BCUT2D eigenvalue weighted by Crippen LogP contribution is 2.24. The molecule has 0 aliphatic rings. The van der Waals surface area contributed by atoms with Crippen LogP contribution in [0, 0.1) is 0 Å². The maximum Gasteiger partial charge on any atom is 0.258 e. The zero-order valence-electron chi connectivity index (χ0n) is 13.0. The Balaban J connectivity index is 1.87. The number of hydrogen-bond acceptors (Lipinski definition) is 3. The Kier molecular flexibility index (Phi) is 4.46. The Morgan fingerprint density at radius 2 is 1.74 bits per heavy atom. The molecule has 5 heteroatoms. The van der Waals surface area contributed by atoms with Crippen molar-refractivity contribution >= 4 is 22.5 Å². The smallest absolute Gasteiger partial charge is 0.258 e. The summed E-state index contributed by atoms with van der Waals surface area (Å²) in [4.78, 5) is 19.6. The second-order valence-corrected chi connectivity index (χ2v) is 6.01. The minimum Gasteiger partial charge on any atom is -0.309 e. The third kappa shape index (κ3) is 3.28. The Morgan fingerprint density at radius 1 is 1.04 bits per heavy atom. The molecule has 0 saturated heterocycles. The third-order valence-electron chi connectivity index (χ3n) is 3.91. The van der Waals surface area contributed by atoms with E-state index in [1.807, 2.05) is 56.3 Å². The predicted octanol–water partition coefficient (Wildman–Crippen LogP) is 3.99. The molecule has 0 aliphatic heterocycles. The highest BCUT2D eigenvalue weighted by Gasteiger charge is 2.15. The zero-order chi connectivity index (χ0) is 16.4. The van der Waals surface area contributed by atoms with Crippen LogP contribution in [0.4, 0.5) is 0 Å². The van der Waals surface area contributed by atoms with Crippen molar-refractivity contribution in [3.8, 4) is 0 Å². The molecular weight excluding hydrogens is 310 g/mol. The molecule has 1 aromatic heterocycles. The van der Waals surface area contributed by atoms with Gasteiger partial charge in [0.15, 0.2) is 0 Å². The van der Waals surface area contributed by atoms with Gasteiger partial charge in [0.2, 0.25) is 0 Å². The number of nitrogens with one attached hydrogen (secondary N) is 2. The van der Waals surface area contributed by atoms with Gasteiger partial charge in [0, 0.05) is 11.1 Å². The Labute approximate surface area is 139 Å². The Morgan fingerprint density at radius 3 is 2.52 bits per heavy atom. The summed E-state index contributed by atoms with van der Waals surface area (Å²) < 4.78 is 0. The lowest BCUT2D eigenvalue weighted by molar-refractivity contribution is 0.477. The van der Waals surface area contributed by atoms with Crippen molar-refractivity contribution in [1.82, 2.24) is 15.3 Å². The Bertz CT molecular complexity index is 891. The van der Waals surface area contributed by atoms with Crippen molar-refractivity contribution in [2.45, 2.75) is 25.9 Å². The molecule has 0 aliphatic carbocycles. The second-order valence-electron chi connectivity index (χ2n) is 5.60. The normalized spacial score (nSPS) is 13.9. The van der Waals surface area contributed by atoms with Gasteiger partial charge in [-0.05, 0) is 37.6 Å². The molecule has 0 bridgehead atoms. The summed E-state index contributed by atoms with van der Waals surface area (Å²) in [6.07, 6.45) is 0. The first kappa shape index (κ1) is 15.7. The lowest BCUT2D eigenvalue weighted by atomic mass is 10.1. The lowest BCUT2D eigenvalue weighted by Gasteiger charge is -2.20. The van der Waals surface area contributed by atoms with Gasteiger partial charge in [-0.25, -0.2) is 4.98 Å². The number of halogens is 1. The van der Waals surface area contributed by atoms with Crippen LogP contribution >= 0.6 is 11.6 Å². The van der Waals surface area contributed by atoms with Crippen LogP contribution in [0.25, 0.3) is 10.9 Å². The number of para-hydroxylation sites is 1. The van der Waals surface area contributed by atoms with Crippen molar-refractivity contribution in [2.24, 2.45) is 0 Å². The maximum atomic E-state index is 12.2. The van der Waals surface area contributed by atoms with Crippen molar-refractivity contribution in [3.05, 3.63) is 75.3 Å². The van der Waals surface area contributed by atoms with E-state index >= 15 is 0 Å². The summed E-state index contributed by atoms with van der Waals surface area (Å²) in [6, 6.07) is 15.0. The van der Waals surface area contributed by atoms with Gasteiger partial charge in [-0.3, -0.25) is 4.79 Å². The summed E-state index contributed by atoms with van der Waals surface area (Å²) in [7, 11) is 0. The number of hydrogen-bond donors (Lipinski definition) is 2. The first-order valence-electron chi connectivity index (χ1n) is 7.55. The zero-order valence-corrected chi connectivity index (χ0v) is 13.8. The Hall–Kier alpha value is -2.17. The number of aromatic nitrogens is 2. The van der Waals surface area contributed by atoms with Crippen LogP contribution in [-0.4, -0.2) is 9.97 Å². The van der Waals surface area contributed by atoms with Crippen LogP contribution in [0.3, 0.4) is 0 Å². The number of rotatable bonds is 4. The largest absolute Gasteiger partial charge is 0.309 e. The molecule has 0 radical (unpaired) electrons. The van der Waals surface area contributed by atoms with Gasteiger partial charge in [0.25, 0.3) is 5.56 Å². The standard InChI is InChI=1S/C18H18ClN3O/c1-11(13-7-3-5-9-15(13)19)20-12(2)17-21-16-10-6-4-8-14(16)18(23)22-17/h3-12,20H,1-2H3,(H,21,22,23)/t11-,12+/m1/s1.